The van der Waals surface area contributed by atoms with Gasteiger partial charge in [-0.25, -0.2) is 13.2 Å². The predicted octanol–water partition coefficient (Wildman–Crippen LogP) is 3.40. The fraction of sp³-hybridized carbons (Fsp3) is 0.0455. The summed E-state index contributed by atoms with van der Waals surface area (Å²) in [6.07, 6.45) is 0. The van der Waals surface area contributed by atoms with E-state index in [0.717, 1.165) is 0 Å². The minimum absolute atomic E-state index is 0.0106. The number of ether oxygens (including phenoxy) is 1. The van der Waals surface area contributed by atoms with E-state index in [0.29, 0.717) is 11.4 Å². The van der Waals surface area contributed by atoms with Gasteiger partial charge in [0.05, 0.1) is 17.6 Å². The van der Waals surface area contributed by atoms with Gasteiger partial charge >= 0.3 is 5.97 Å². The Balaban J connectivity index is 1.62. The van der Waals surface area contributed by atoms with E-state index in [1.807, 2.05) is 0 Å². The number of amides is 1. The summed E-state index contributed by atoms with van der Waals surface area (Å²) < 4.78 is 32.1. The van der Waals surface area contributed by atoms with E-state index in [4.69, 9.17) is 12.2 Å². The van der Waals surface area contributed by atoms with Crippen molar-refractivity contribution in [3.05, 3.63) is 90.0 Å². The normalized spacial score (nSPS) is 10.7. The Kier molecular flexibility index (Phi) is 7.18. The van der Waals surface area contributed by atoms with Gasteiger partial charge in [-0.15, -0.1) is 0 Å². The minimum atomic E-state index is -3.75. The van der Waals surface area contributed by atoms with Crippen molar-refractivity contribution in [2.75, 3.05) is 17.1 Å². The van der Waals surface area contributed by atoms with Crippen molar-refractivity contribution in [1.82, 2.24) is 5.32 Å². The van der Waals surface area contributed by atoms with Gasteiger partial charge in [-0.3, -0.25) is 14.8 Å². The minimum Gasteiger partial charge on any atom is -0.465 e. The molecule has 0 saturated carbocycles. The lowest BCUT2D eigenvalue weighted by Crippen LogP contribution is -2.34. The molecule has 0 aliphatic rings. The van der Waals surface area contributed by atoms with Crippen LogP contribution >= 0.6 is 12.2 Å². The molecule has 0 fully saturated rings. The molecule has 0 spiro atoms. The van der Waals surface area contributed by atoms with Crippen LogP contribution in [0.1, 0.15) is 20.7 Å². The van der Waals surface area contributed by atoms with Crippen LogP contribution in [-0.2, 0) is 14.8 Å². The van der Waals surface area contributed by atoms with E-state index in [2.05, 4.69) is 20.1 Å². The van der Waals surface area contributed by atoms with Gasteiger partial charge < -0.3 is 10.1 Å². The Morgan fingerprint density at radius 1 is 0.844 bits per heavy atom. The smallest absolute Gasteiger partial charge is 0.337 e. The molecule has 32 heavy (non-hydrogen) atoms. The Bertz CT molecular complexity index is 1240. The lowest BCUT2D eigenvalue weighted by atomic mass is 10.1. The molecule has 0 radical (unpaired) electrons. The Morgan fingerprint density at radius 2 is 1.50 bits per heavy atom. The second-order valence-corrected chi connectivity index (χ2v) is 8.57. The van der Waals surface area contributed by atoms with Crippen molar-refractivity contribution in [2.24, 2.45) is 0 Å². The SMILES string of the molecule is COC(=O)c1cccc(C(=O)NC(=S)Nc2ccc(S(=O)(=O)Nc3ccccc3)cc2)c1. The van der Waals surface area contributed by atoms with Gasteiger partial charge in [-0.1, -0.05) is 24.3 Å². The van der Waals surface area contributed by atoms with Crippen LogP contribution in [0.15, 0.2) is 83.8 Å². The fourth-order valence-electron chi connectivity index (χ4n) is 2.68. The molecule has 8 nitrogen and oxygen atoms in total. The monoisotopic (exact) mass is 469 g/mol. The number of rotatable bonds is 6. The highest BCUT2D eigenvalue weighted by Gasteiger charge is 2.15. The van der Waals surface area contributed by atoms with E-state index in [1.54, 1.807) is 36.4 Å². The van der Waals surface area contributed by atoms with Gasteiger partial charge in [0.1, 0.15) is 0 Å². The molecule has 3 N–H and O–H groups in total. The molecule has 1 amide bonds. The van der Waals surface area contributed by atoms with Crippen molar-refractivity contribution < 1.29 is 22.7 Å². The second-order valence-electron chi connectivity index (χ2n) is 6.48. The molecule has 3 rings (SSSR count). The first-order valence-electron chi connectivity index (χ1n) is 9.27. The van der Waals surface area contributed by atoms with Crippen LogP contribution < -0.4 is 15.4 Å². The first-order chi connectivity index (χ1) is 15.3. The summed E-state index contributed by atoms with van der Waals surface area (Å²) in [6, 6.07) is 20.4. The Labute approximate surface area is 190 Å². The average molecular weight is 470 g/mol. The molecule has 0 aliphatic heterocycles. The number of sulfonamides is 1. The first-order valence-corrected chi connectivity index (χ1v) is 11.2. The maximum Gasteiger partial charge on any atom is 0.337 e. The van der Waals surface area contributed by atoms with E-state index < -0.39 is 21.9 Å². The number of carbonyl (C=O) groups is 2. The number of esters is 1. The molecule has 0 saturated heterocycles. The summed E-state index contributed by atoms with van der Waals surface area (Å²) in [5, 5.41) is 5.33. The van der Waals surface area contributed by atoms with Gasteiger partial charge in [-0.2, -0.15) is 0 Å². The third-order valence-electron chi connectivity index (χ3n) is 4.22. The number of nitrogens with one attached hydrogen (secondary N) is 3. The number of hydrogen-bond donors (Lipinski definition) is 3. The van der Waals surface area contributed by atoms with Crippen molar-refractivity contribution in [3.63, 3.8) is 0 Å². The third kappa shape index (κ3) is 5.90. The molecule has 0 heterocycles. The maximum atomic E-state index is 12.5. The molecular formula is C22H19N3O5S2. The molecule has 0 aromatic heterocycles. The Morgan fingerprint density at radius 3 is 2.16 bits per heavy atom. The van der Waals surface area contributed by atoms with Crippen LogP contribution in [0.2, 0.25) is 0 Å². The molecule has 164 valence electrons. The third-order valence-corrected chi connectivity index (χ3v) is 5.82. The topological polar surface area (TPSA) is 114 Å². The lowest BCUT2D eigenvalue weighted by molar-refractivity contribution is 0.0600. The van der Waals surface area contributed by atoms with E-state index in [1.165, 1.54) is 49.6 Å². The number of carbonyl (C=O) groups excluding carboxylic acids is 2. The van der Waals surface area contributed by atoms with Crippen LogP contribution in [-0.4, -0.2) is 32.5 Å². The largest absolute Gasteiger partial charge is 0.465 e. The highest BCUT2D eigenvalue weighted by atomic mass is 32.2. The molecule has 0 unspecified atom stereocenters. The molecule has 10 heteroatoms. The van der Waals surface area contributed by atoms with Gasteiger partial charge in [0.25, 0.3) is 15.9 Å². The number of para-hydroxylation sites is 1. The van der Waals surface area contributed by atoms with Crippen molar-refractivity contribution in [1.29, 1.82) is 0 Å². The van der Waals surface area contributed by atoms with Crippen molar-refractivity contribution in [3.8, 4) is 0 Å². The zero-order valence-corrected chi connectivity index (χ0v) is 18.5. The number of methoxy groups -OCH3 is 1. The number of anilines is 2. The molecule has 0 aliphatic carbocycles. The zero-order chi connectivity index (χ0) is 23.1. The zero-order valence-electron chi connectivity index (χ0n) is 16.9. The highest BCUT2D eigenvalue weighted by molar-refractivity contribution is 7.92. The maximum absolute atomic E-state index is 12.5. The van der Waals surface area contributed by atoms with Crippen LogP contribution in [0.3, 0.4) is 0 Å². The summed E-state index contributed by atoms with van der Waals surface area (Å²) in [4.78, 5) is 24.1. The average Bonchev–Trinajstić information content (AvgIpc) is 2.79. The van der Waals surface area contributed by atoms with Crippen LogP contribution in [0.5, 0.6) is 0 Å². The van der Waals surface area contributed by atoms with Crippen LogP contribution in [0, 0.1) is 0 Å². The number of benzene rings is 3. The fourth-order valence-corrected chi connectivity index (χ4v) is 3.95. The van der Waals surface area contributed by atoms with Gasteiger partial charge in [-0.05, 0) is 66.8 Å². The van der Waals surface area contributed by atoms with E-state index in [-0.39, 0.29) is 21.1 Å². The summed E-state index contributed by atoms with van der Waals surface area (Å²) in [5.74, 6) is -1.07. The standard InChI is InChI=1S/C22H19N3O5S2/c1-30-21(27)16-7-5-6-15(14-16)20(26)24-22(31)23-17-10-12-19(13-11-17)32(28,29)25-18-8-3-2-4-9-18/h2-14,25H,1H3,(H2,23,24,26,31). The Hall–Kier alpha value is -3.76. The second kappa shape index (κ2) is 10.0. The van der Waals surface area contributed by atoms with E-state index in [9.17, 15) is 18.0 Å². The summed E-state index contributed by atoms with van der Waals surface area (Å²) in [7, 11) is -2.49. The van der Waals surface area contributed by atoms with Gasteiger partial charge in [0.15, 0.2) is 5.11 Å². The van der Waals surface area contributed by atoms with Crippen molar-refractivity contribution >= 4 is 50.6 Å². The van der Waals surface area contributed by atoms with Crippen LogP contribution in [0.4, 0.5) is 11.4 Å². The van der Waals surface area contributed by atoms with Crippen molar-refractivity contribution in [2.45, 2.75) is 4.90 Å². The number of thiocarbonyl (C=S) groups is 1. The molecule has 0 bridgehead atoms. The summed E-state index contributed by atoms with van der Waals surface area (Å²) in [6.45, 7) is 0. The predicted molar refractivity (Wildman–Crippen MR) is 125 cm³/mol. The first kappa shape index (κ1) is 22.9. The van der Waals surface area contributed by atoms with E-state index >= 15 is 0 Å². The molecule has 0 atom stereocenters. The lowest BCUT2D eigenvalue weighted by Gasteiger charge is -2.11. The summed E-state index contributed by atoms with van der Waals surface area (Å²) in [5.41, 5.74) is 1.40. The molecule has 3 aromatic rings. The van der Waals surface area contributed by atoms with Gasteiger partial charge in [0, 0.05) is 16.9 Å². The molecule has 3 aromatic carbocycles. The highest BCUT2D eigenvalue weighted by Crippen LogP contribution is 2.18. The van der Waals surface area contributed by atoms with Gasteiger partial charge in [0.2, 0.25) is 0 Å². The number of hydrogen-bond acceptors (Lipinski definition) is 6. The molecular weight excluding hydrogens is 450 g/mol. The van der Waals surface area contributed by atoms with Crippen LogP contribution in [0.25, 0.3) is 0 Å². The summed E-state index contributed by atoms with van der Waals surface area (Å²) >= 11 is 5.15. The quantitative estimate of drug-likeness (QED) is 0.375.